The second-order valence-electron chi connectivity index (χ2n) is 6.15. The molecule has 0 atom stereocenters. The Morgan fingerprint density at radius 2 is 1.96 bits per heavy atom. The molecule has 0 aromatic heterocycles. The van der Waals surface area contributed by atoms with E-state index in [0.29, 0.717) is 18.9 Å². The van der Waals surface area contributed by atoms with Crippen LogP contribution in [0.4, 0.5) is 5.69 Å². The lowest BCUT2D eigenvalue weighted by Gasteiger charge is -2.16. The van der Waals surface area contributed by atoms with Gasteiger partial charge >= 0.3 is 0 Å². The van der Waals surface area contributed by atoms with Crippen LogP contribution in [-0.4, -0.2) is 56.4 Å². The summed E-state index contributed by atoms with van der Waals surface area (Å²) in [7, 11) is 3.45. The van der Waals surface area contributed by atoms with Crippen molar-refractivity contribution in [2.45, 2.75) is 26.3 Å². The Kier molecular flexibility index (Phi) is 6.80. The van der Waals surface area contributed by atoms with Gasteiger partial charge in [-0.1, -0.05) is 12.1 Å². The van der Waals surface area contributed by atoms with Crippen LogP contribution in [0.1, 0.15) is 25.3 Å². The molecular weight excluding hydrogens is 318 g/mol. The lowest BCUT2D eigenvalue weighted by atomic mass is 10.2. The number of aliphatic imine (C=N–C) groups is 1. The number of rotatable bonds is 6. The highest BCUT2D eigenvalue weighted by atomic mass is 16.2. The fourth-order valence-electron chi connectivity index (χ4n) is 2.53. The van der Waals surface area contributed by atoms with Crippen LogP contribution >= 0.6 is 0 Å². The average molecular weight is 345 g/mol. The van der Waals surface area contributed by atoms with Gasteiger partial charge in [-0.2, -0.15) is 0 Å². The van der Waals surface area contributed by atoms with E-state index >= 15 is 0 Å². The second-order valence-corrected chi connectivity index (χ2v) is 6.15. The van der Waals surface area contributed by atoms with E-state index in [9.17, 15) is 9.59 Å². The third-order valence-electron chi connectivity index (χ3n) is 3.99. The van der Waals surface area contributed by atoms with Gasteiger partial charge in [-0.05, 0) is 31.0 Å². The zero-order valence-corrected chi connectivity index (χ0v) is 15.2. The van der Waals surface area contributed by atoms with Gasteiger partial charge in [0.25, 0.3) is 0 Å². The fourth-order valence-corrected chi connectivity index (χ4v) is 2.53. The van der Waals surface area contributed by atoms with Crippen molar-refractivity contribution in [3.63, 3.8) is 0 Å². The number of amides is 2. The summed E-state index contributed by atoms with van der Waals surface area (Å²) in [5.74, 6) is 0.789. The molecule has 1 heterocycles. The van der Waals surface area contributed by atoms with Gasteiger partial charge in [-0.3, -0.25) is 9.59 Å². The van der Waals surface area contributed by atoms with Crippen molar-refractivity contribution < 1.29 is 9.59 Å². The molecule has 0 spiro atoms. The first-order valence-corrected chi connectivity index (χ1v) is 8.63. The summed E-state index contributed by atoms with van der Waals surface area (Å²) in [5, 5.41) is 6.15. The maximum Gasteiger partial charge on any atom is 0.241 e. The monoisotopic (exact) mass is 345 g/mol. The molecule has 1 aliphatic rings. The molecule has 2 N–H and O–H groups in total. The SMILES string of the molecule is CCNC(=NCc1ccc(N2CCCC2=O)cc1)NCC(=O)N(C)C. The van der Waals surface area contributed by atoms with Crippen molar-refractivity contribution in [3.8, 4) is 0 Å². The quantitative estimate of drug-likeness (QED) is 0.595. The van der Waals surface area contributed by atoms with Gasteiger partial charge in [-0.15, -0.1) is 0 Å². The molecule has 1 aromatic rings. The van der Waals surface area contributed by atoms with Gasteiger partial charge in [0.05, 0.1) is 13.1 Å². The molecule has 0 unspecified atom stereocenters. The number of nitrogens with one attached hydrogen (secondary N) is 2. The number of hydrogen-bond acceptors (Lipinski definition) is 3. The first kappa shape index (κ1) is 18.8. The van der Waals surface area contributed by atoms with E-state index in [4.69, 9.17) is 0 Å². The molecule has 7 heteroatoms. The fraction of sp³-hybridized carbons (Fsp3) is 0.500. The first-order valence-electron chi connectivity index (χ1n) is 8.63. The molecular formula is C18H27N5O2. The van der Waals surface area contributed by atoms with Crippen LogP contribution in [0.2, 0.25) is 0 Å². The largest absolute Gasteiger partial charge is 0.357 e. The number of anilines is 1. The van der Waals surface area contributed by atoms with E-state index in [1.807, 2.05) is 36.1 Å². The Morgan fingerprint density at radius 1 is 1.24 bits per heavy atom. The zero-order valence-electron chi connectivity index (χ0n) is 15.2. The van der Waals surface area contributed by atoms with Crippen molar-refractivity contribution in [2.75, 3.05) is 38.6 Å². The number of likely N-dealkylation sites (N-methyl/N-ethyl adjacent to an activating group) is 1. The Balaban J connectivity index is 1.94. The number of guanidine groups is 1. The standard InChI is InChI=1S/C18H27N5O2/c1-4-19-18(21-13-17(25)22(2)3)20-12-14-7-9-15(10-8-14)23-11-5-6-16(23)24/h7-10H,4-6,11-13H2,1-3H3,(H2,19,20,21). The lowest BCUT2D eigenvalue weighted by Crippen LogP contribution is -2.42. The summed E-state index contributed by atoms with van der Waals surface area (Å²) in [5.41, 5.74) is 1.99. The minimum absolute atomic E-state index is 0.00904. The molecule has 2 rings (SSSR count). The highest BCUT2D eigenvalue weighted by Gasteiger charge is 2.21. The molecule has 0 radical (unpaired) electrons. The van der Waals surface area contributed by atoms with E-state index in [1.54, 1.807) is 14.1 Å². The van der Waals surface area contributed by atoms with Gasteiger partial charge in [0, 0.05) is 39.3 Å². The summed E-state index contributed by atoms with van der Waals surface area (Å²) in [6.45, 7) is 4.20. The van der Waals surface area contributed by atoms with Crippen molar-refractivity contribution in [1.82, 2.24) is 15.5 Å². The maximum atomic E-state index is 11.8. The summed E-state index contributed by atoms with van der Waals surface area (Å²) < 4.78 is 0. The molecule has 0 aliphatic carbocycles. The first-order chi connectivity index (χ1) is 12.0. The third kappa shape index (κ3) is 5.48. The van der Waals surface area contributed by atoms with Gasteiger partial charge in [-0.25, -0.2) is 4.99 Å². The molecule has 1 fully saturated rings. The van der Waals surface area contributed by atoms with Crippen LogP contribution in [0, 0.1) is 0 Å². The Bertz CT molecular complexity index is 625. The van der Waals surface area contributed by atoms with Gasteiger partial charge < -0.3 is 20.4 Å². The third-order valence-corrected chi connectivity index (χ3v) is 3.99. The highest BCUT2D eigenvalue weighted by Crippen LogP contribution is 2.21. The smallest absolute Gasteiger partial charge is 0.241 e. The Labute approximate surface area is 149 Å². The molecule has 25 heavy (non-hydrogen) atoms. The van der Waals surface area contributed by atoms with Gasteiger partial charge in [0.15, 0.2) is 5.96 Å². The van der Waals surface area contributed by atoms with Crippen LogP contribution < -0.4 is 15.5 Å². The second kappa shape index (κ2) is 9.05. The summed E-state index contributed by atoms with van der Waals surface area (Å²) in [6.07, 6.45) is 1.56. The van der Waals surface area contributed by atoms with Crippen LogP contribution in [0.5, 0.6) is 0 Å². The molecule has 1 saturated heterocycles. The minimum atomic E-state index is -0.00904. The molecule has 7 nitrogen and oxygen atoms in total. The maximum absolute atomic E-state index is 11.8. The lowest BCUT2D eigenvalue weighted by molar-refractivity contribution is -0.127. The van der Waals surface area contributed by atoms with Crippen LogP contribution in [-0.2, 0) is 16.1 Å². The number of nitrogens with zero attached hydrogens (tertiary/aromatic N) is 3. The van der Waals surface area contributed by atoms with Gasteiger partial charge in [0.2, 0.25) is 11.8 Å². The number of hydrogen-bond donors (Lipinski definition) is 2. The summed E-state index contributed by atoms with van der Waals surface area (Å²) in [4.78, 5) is 31.3. The zero-order chi connectivity index (χ0) is 18.2. The van der Waals surface area contributed by atoms with E-state index in [2.05, 4.69) is 15.6 Å². The van der Waals surface area contributed by atoms with E-state index in [0.717, 1.165) is 30.8 Å². The minimum Gasteiger partial charge on any atom is -0.357 e. The topological polar surface area (TPSA) is 77.0 Å². The summed E-state index contributed by atoms with van der Waals surface area (Å²) in [6, 6.07) is 7.89. The van der Waals surface area contributed by atoms with Crippen LogP contribution in [0.25, 0.3) is 0 Å². The predicted molar refractivity (Wildman–Crippen MR) is 99.5 cm³/mol. The van der Waals surface area contributed by atoms with Crippen molar-refractivity contribution in [2.24, 2.45) is 4.99 Å². The molecule has 1 aliphatic heterocycles. The van der Waals surface area contributed by atoms with Crippen LogP contribution in [0.3, 0.4) is 0 Å². The van der Waals surface area contributed by atoms with Crippen molar-refractivity contribution in [3.05, 3.63) is 29.8 Å². The number of carbonyl (C=O) groups excluding carboxylic acids is 2. The summed E-state index contributed by atoms with van der Waals surface area (Å²) >= 11 is 0. The molecule has 2 amide bonds. The number of benzene rings is 1. The predicted octanol–water partition coefficient (Wildman–Crippen LogP) is 0.957. The van der Waals surface area contributed by atoms with Gasteiger partial charge in [0.1, 0.15) is 0 Å². The highest BCUT2D eigenvalue weighted by molar-refractivity contribution is 5.95. The molecule has 0 bridgehead atoms. The van der Waals surface area contributed by atoms with Crippen molar-refractivity contribution >= 4 is 23.5 Å². The number of carbonyl (C=O) groups is 2. The van der Waals surface area contributed by atoms with Crippen LogP contribution in [0.15, 0.2) is 29.3 Å². The Morgan fingerprint density at radius 3 is 2.52 bits per heavy atom. The normalized spacial score (nSPS) is 14.6. The molecule has 136 valence electrons. The molecule has 1 aromatic carbocycles. The average Bonchev–Trinajstić information content (AvgIpc) is 3.03. The van der Waals surface area contributed by atoms with E-state index in [1.165, 1.54) is 4.90 Å². The van der Waals surface area contributed by atoms with Crippen molar-refractivity contribution in [1.29, 1.82) is 0 Å². The molecule has 0 saturated carbocycles. The Hall–Kier alpha value is -2.57. The van der Waals surface area contributed by atoms with E-state index in [-0.39, 0.29) is 18.4 Å². The van der Waals surface area contributed by atoms with E-state index < -0.39 is 0 Å².